The molecule has 0 radical (unpaired) electrons. The molecule has 1 aliphatic heterocycles. The second-order valence-corrected chi connectivity index (χ2v) is 8.03. The highest BCUT2D eigenvalue weighted by molar-refractivity contribution is 7.89. The summed E-state index contributed by atoms with van der Waals surface area (Å²) in [6, 6.07) is 6.64. The Bertz CT molecular complexity index is 687. The first-order valence-corrected chi connectivity index (χ1v) is 9.17. The van der Waals surface area contributed by atoms with Crippen molar-refractivity contribution in [3.8, 4) is 0 Å². The van der Waals surface area contributed by atoms with Crippen molar-refractivity contribution in [3.05, 3.63) is 29.8 Å². The van der Waals surface area contributed by atoms with Gasteiger partial charge in [-0.1, -0.05) is 31.5 Å². The third-order valence-electron chi connectivity index (χ3n) is 4.58. The van der Waals surface area contributed by atoms with Crippen LogP contribution in [-0.4, -0.2) is 48.1 Å². The quantitative estimate of drug-likeness (QED) is 0.848. The molecule has 0 aliphatic carbocycles. The normalized spacial score (nSPS) is 26.1. The van der Waals surface area contributed by atoms with E-state index in [9.17, 15) is 23.4 Å². The average molecular weight is 341 g/mol. The Morgan fingerprint density at radius 2 is 2.04 bits per heavy atom. The van der Waals surface area contributed by atoms with Crippen molar-refractivity contribution in [2.24, 2.45) is 5.41 Å². The molecule has 1 fully saturated rings. The average Bonchev–Trinajstić information content (AvgIpc) is 2.49. The van der Waals surface area contributed by atoms with Gasteiger partial charge in [0.2, 0.25) is 10.0 Å². The van der Waals surface area contributed by atoms with Crippen molar-refractivity contribution >= 4 is 16.0 Å². The van der Waals surface area contributed by atoms with Crippen LogP contribution < -0.4 is 0 Å². The molecule has 1 heterocycles. The van der Waals surface area contributed by atoms with Gasteiger partial charge < -0.3 is 10.2 Å². The van der Waals surface area contributed by atoms with Gasteiger partial charge in [-0.3, -0.25) is 4.79 Å². The lowest BCUT2D eigenvalue weighted by Crippen LogP contribution is -2.57. The van der Waals surface area contributed by atoms with Gasteiger partial charge in [0, 0.05) is 13.1 Å². The van der Waals surface area contributed by atoms with Gasteiger partial charge in [0.15, 0.2) is 0 Å². The fourth-order valence-corrected chi connectivity index (χ4v) is 4.99. The Hall–Kier alpha value is -1.44. The third-order valence-corrected chi connectivity index (χ3v) is 6.59. The number of piperidine rings is 1. The second kappa shape index (κ2) is 6.59. The number of hydrogen-bond donors (Lipinski definition) is 2. The molecule has 0 aromatic heterocycles. The highest BCUT2D eigenvalue weighted by Gasteiger charge is 2.51. The smallest absolute Gasteiger partial charge is 0.313 e. The van der Waals surface area contributed by atoms with E-state index >= 15 is 0 Å². The van der Waals surface area contributed by atoms with Crippen LogP contribution in [0.3, 0.4) is 0 Å². The molecular formula is C16H23NO5S. The SMILES string of the molecule is CCC[C@]1(C(=O)O)CN(S(=O)(=O)c2ccccc2C)CC[C@H]1O. The van der Waals surface area contributed by atoms with Gasteiger partial charge in [0.05, 0.1) is 11.0 Å². The summed E-state index contributed by atoms with van der Waals surface area (Å²) >= 11 is 0. The van der Waals surface area contributed by atoms with Crippen LogP contribution >= 0.6 is 0 Å². The zero-order chi connectivity index (χ0) is 17.3. The van der Waals surface area contributed by atoms with Crippen LogP contribution in [0.5, 0.6) is 0 Å². The minimum Gasteiger partial charge on any atom is -0.481 e. The second-order valence-electron chi connectivity index (χ2n) is 6.12. The predicted molar refractivity (Wildman–Crippen MR) is 85.5 cm³/mol. The van der Waals surface area contributed by atoms with Crippen LogP contribution in [0.15, 0.2) is 29.2 Å². The van der Waals surface area contributed by atoms with E-state index in [4.69, 9.17) is 0 Å². The molecule has 1 aromatic carbocycles. The Kier molecular flexibility index (Phi) is 5.13. The maximum Gasteiger partial charge on any atom is 0.313 e. The lowest BCUT2D eigenvalue weighted by molar-refractivity contribution is -0.161. The molecule has 0 saturated carbocycles. The van der Waals surface area contributed by atoms with Crippen molar-refractivity contribution in [1.29, 1.82) is 0 Å². The summed E-state index contributed by atoms with van der Waals surface area (Å²) < 4.78 is 27.0. The number of aryl methyl sites for hydroxylation is 1. The first-order valence-electron chi connectivity index (χ1n) is 7.73. The van der Waals surface area contributed by atoms with E-state index in [0.29, 0.717) is 12.0 Å². The first-order chi connectivity index (χ1) is 10.8. The molecule has 0 spiro atoms. The molecule has 6 nitrogen and oxygen atoms in total. The fraction of sp³-hybridized carbons (Fsp3) is 0.562. The van der Waals surface area contributed by atoms with Gasteiger partial charge in [0.1, 0.15) is 5.41 Å². The number of carboxylic acids is 1. The minimum atomic E-state index is -3.78. The zero-order valence-electron chi connectivity index (χ0n) is 13.4. The maximum atomic E-state index is 12.9. The number of carbonyl (C=O) groups is 1. The number of rotatable bonds is 5. The Morgan fingerprint density at radius 3 is 2.61 bits per heavy atom. The van der Waals surface area contributed by atoms with Gasteiger partial charge in [-0.25, -0.2) is 8.42 Å². The van der Waals surface area contributed by atoms with Crippen LogP contribution in [0.25, 0.3) is 0 Å². The summed E-state index contributed by atoms with van der Waals surface area (Å²) in [6.45, 7) is 3.46. The summed E-state index contributed by atoms with van der Waals surface area (Å²) in [5.41, 5.74) is -0.821. The summed E-state index contributed by atoms with van der Waals surface area (Å²) in [5.74, 6) is -1.14. The molecule has 7 heteroatoms. The Morgan fingerprint density at radius 1 is 1.39 bits per heavy atom. The van der Waals surface area contributed by atoms with Gasteiger partial charge in [0.25, 0.3) is 0 Å². The number of nitrogens with zero attached hydrogens (tertiary/aromatic N) is 1. The van der Waals surface area contributed by atoms with Crippen molar-refractivity contribution in [2.45, 2.75) is 44.1 Å². The van der Waals surface area contributed by atoms with Crippen molar-refractivity contribution < 1.29 is 23.4 Å². The first kappa shape index (κ1) is 17.9. The van der Waals surface area contributed by atoms with Crippen LogP contribution in [-0.2, 0) is 14.8 Å². The topological polar surface area (TPSA) is 94.9 Å². The Balaban J connectivity index is 2.41. The summed E-state index contributed by atoms with van der Waals surface area (Å²) in [5, 5.41) is 19.8. The summed E-state index contributed by atoms with van der Waals surface area (Å²) in [6.07, 6.45) is -0.120. The molecule has 128 valence electrons. The molecule has 23 heavy (non-hydrogen) atoms. The van der Waals surface area contributed by atoms with E-state index in [2.05, 4.69) is 0 Å². The highest BCUT2D eigenvalue weighted by atomic mass is 32.2. The largest absolute Gasteiger partial charge is 0.481 e. The fourth-order valence-electron chi connectivity index (χ4n) is 3.24. The number of benzene rings is 1. The number of hydrogen-bond acceptors (Lipinski definition) is 4. The van der Waals surface area contributed by atoms with Crippen molar-refractivity contribution in [3.63, 3.8) is 0 Å². The molecular weight excluding hydrogens is 318 g/mol. The lowest BCUT2D eigenvalue weighted by Gasteiger charge is -2.42. The van der Waals surface area contributed by atoms with Crippen molar-refractivity contribution in [2.75, 3.05) is 13.1 Å². The number of sulfonamides is 1. The van der Waals surface area contributed by atoms with Crippen molar-refractivity contribution in [1.82, 2.24) is 4.31 Å². The molecule has 1 aliphatic rings. The van der Waals surface area contributed by atoms with E-state index in [1.165, 1.54) is 10.4 Å². The number of aliphatic hydroxyl groups excluding tert-OH is 1. The maximum absolute atomic E-state index is 12.9. The molecule has 2 rings (SSSR count). The number of aliphatic hydroxyl groups is 1. The van der Waals surface area contributed by atoms with Gasteiger partial charge in [-0.05, 0) is 31.4 Å². The van der Waals surface area contributed by atoms with E-state index in [-0.39, 0.29) is 30.8 Å². The number of aliphatic carboxylic acids is 1. The van der Waals surface area contributed by atoms with Gasteiger partial charge >= 0.3 is 5.97 Å². The van der Waals surface area contributed by atoms with Gasteiger partial charge in [-0.2, -0.15) is 4.31 Å². The van der Waals surface area contributed by atoms with Crippen LogP contribution in [0.1, 0.15) is 31.7 Å². The summed E-state index contributed by atoms with van der Waals surface area (Å²) in [4.78, 5) is 12.0. The standard InChI is InChI=1S/C16H23NO5S/c1-3-9-16(15(19)20)11-17(10-8-14(16)18)23(21,22)13-7-5-4-6-12(13)2/h4-7,14,18H,3,8-11H2,1-2H3,(H,19,20)/t14-,16+/m1/s1. The van der Waals surface area contributed by atoms with E-state index in [1.807, 2.05) is 6.92 Å². The highest BCUT2D eigenvalue weighted by Crippen LogP contribution is 2.37. The van der Waals surface area contributed by atoms with Crippen LogP contribution in [0.2, 0.25) is 0 Å². The Labute approximate surface area is 136 Å². The molecule has 0 unspecified atom stereocenters. The molecule has 2 atom stereocenters. The van der Waals surface area contributed by atoms with Crippen LogP contribution in [0, 0.1) is 12.3 Å². The van der Waals surface area contributed by atoms with Gasteiger partial charge in [-0.15, -0.1) is 0 Å². The number of carboxylic acid groups (broad SMARTS) is 1. The van der Waals surface area contributed by atoms with Crippen LogP contribution in [0.4, 0.5) is 0 Å². The molecule has 0 amide bonds. The molecule has 0 bridgehead atoms. The lowest BCUT2D eigenvalue weighted by atomic mass is 9.74. The van der Waals surface area contributed by atoms with E-state index in [1.54, 1.807) is 25.1 Å². The van der Waals surface area contributed by atoms with E-state index < -0.39 is 27.5 Å². The predicted octanol–water partition coefficient (Wildman–Crippen LogP) is 1.62. The molecule has 2 N–H and O–H groups in total. The zero-order valence-corrected chi connectivity index (χ0v) is 14.2. The molecule has 1 saturated heterocycles. The minimum absolute atomic E-state index is 0.122. The van der Waals surface area contributed by atoms with E-state index in [0.717, 1.165) is 0 Å². The summed E-state index contributed by atoms with van der Waals surface area (Å²) in [7, 11) is -3.78. The molecule has 1 aromatic rings. The monoisotopic (exact) mass is 341 g/mol. The third kappa shape index (κ3) is 3.13.